The number of aliphatic carboxylic acids is 1. The second-order valence-corrected chi connectivity index (χ2v) is 6.69. The van der Waals surface area contributed by atoms with Gasteiger partial charge in [0.25, 0.3) is 5.91 Å². The number of hydrogen-bond acceptors (Lipinski definition) is 3. The summed E-state index contributed by atoms with van der Waals surface area (Å²) in [5.74, 6) is -1.15. The zero-order valence-electron chi connectivity index (χ0n) is 15.1. The van der Waals surface area contributed by atoms with Gasteiger partial charge >= 0.3 is 5.97 Å². The van der Waals surface area contributed by atoms with Crippen LogP contribution in [-0.2, 0) is 4.79 Å². The molecule has 1 N–H and O–H groups in total. The molecule has 0 radical (unpaired) electrons. The largest absolute Gasteiger partial charge is 0.481 e. The Morgan fingerprint density at radius 1 is 0.963 bits per heavy atom. The van der Waals surface area contributed by atoms with Crippen LogP contribution < -0.4 is 0 Å². The van der Waals surface area contributed by atoms with E-state index in [2.05, 4.69) is 4.90 Å². The monoisotopic (exact) mass is 370 g/mol. The van der Waals surface area contributed by atoms with Crippen LogP contribution >= 0.6 is 0 Å². The minimum atomic E-state index is -0.847. The van der Waals surface area contributed by atoms with Crippen molar-refractivity contribution in [1.29, 1.82) is 0 Å². The Kier molecular flexibility index (Phi) is 6.19. The molecular weight excluding hydrogens is 347 g/mol. The first-order valence-corrected chi connectivity index (χ1v) is 9.10. The summed E-state index contributed by atoms with van der Waals surface area (Å²) in [5.41, 5.74) is 1.58. The smallest absolute Gasteiger partial charge is 0.303 e. The van der Waals surface area contributed by atoms with E-state index < -0.39 is 5.97 Å². The second kappa shape index (κ2) is 8.77. The van der Waals surface area contributed by atoms with E-state index >= 15 is 0 Å². The summed E-state index contributed by atoms with van der Waals surface area (Å²) in [7, 11) is 0. The lowest BCUT2D eigenvalue weighted by Crippen LogP contribution is -2.49. The summed E-state index contributed by atoms with van der Waals surface area (Å²) in [4.78, 5) is 27.6. The zero-order chi connectivity index (χ0) is 19.2. The fourth-order valence-electron chi connectivity index (χ4n) is 3.51. The number of carbonyl (C=O) groups excluding carboxylic acids is 1. The molecule has 2 aromatic carbocycles. The SMILES string of the molecule is O=C(O)CC[C@@H](c1ccc(F)cc1)N1CCN(C(=O)c2ccccc2)CC1. The molecule has 1 atom stereocenters. The number of rotatable bonds is 6. The standard InChI is InChI=1S/C21H23FN2O3/c22-18-8-6-16(7-9-18)19(10-11-20(25)26)23-12-14-24(15-13-23)21(27)17-4-2-1-3-5-17/h1-9,19H,10-15H2,(H,25,26)/t19-/m0/s1. The van der Waals surface area contributed by atoms with Gasteiger partial charge < -0.3 is 10.0 Å². The van der Waals surface area contributed by atoms with Gasteiger partial charge in [-0.15, -0.1) is 0 Å². The lowest BCUT2D eigenvalue weighted by molar-refractivity contribution is -0.137. The average Bonchev–Trinajstić information content (AvgIpc) is 2.70. The summed E-state index contributed by atoms with van der Waals surface area (Å²) < 4.78 is 13.3. The van der Waals surface area contributed by atoms with Crippen molar-refractivity contribution in [3.8, 4) is 0 Å². The minimum Gasteiger partial charge on any atom is -0.481 e. The number of carboxylic acids is 1. The lowest BCUT2D eigenvalue weighted by atomic mass is 9.99. The highest BCUT2D eigenvalue weighted by molar-refractivity contribution is 5.94. The third kappa shape index (κ3) is 4.92. The highest BCUT2D eigenvalue weighted by Crippen LogP contribution is 2.27. The number of halogens is 1. The maximum absolute atomic E-state index is 13.3. The summed E-state index contributed by atoms with van der Waals surface area (Å²) in [6, 6.07) is 15.3. The molecule has 1 aliphatic rings. The second-order valence-electron chi connectivity index (χ2n) is 6.69. The third-order valence-corrected chi connectivity index (χ3v) is 4.95. The number of carboxylic acid groups (broad SMARTS) is 1. The molecule has 0 bridgehead atoms. The van der Waals surface area contributed by atoms with Crippen LogP contribution in [0.5, 0.6) is 0 Å². The molecule has 1 saturated heterocycles. The summed E-state index contributed by atoms with van der Waals surface area (Å²) in [6.07, 6.45) is 0.499. The molecule has 0 saturated carbocycles. The van der Waals surface area contributed by atoms with Crippen LogP contribution in [-0.4, -0.2) is 53.0 Å². The first kappa shape index (κ1) is 19.0. The molecule has 0 aromatic heterocycles. The number of nitrogens with zero attached hydrogens (tertiary/aromatic N) is 2. The van der Waals surface area contributed by atoms with E-state index in [0.717, 1.165) is 5.56 Å². The Labute approximate surface area is 158 Å². The molecule has 142 valence electrons. The van der Waals surface area contributed by atoms with E-state index in [1.54, 1.807) is 12.1 Å². The van der Waals surface area contributed by atoms with E-state index in [1.165, 1.54) is 12.1 Å². The van der Waals surface area contributed by atoms with Crippen LogP contribution in [0.3, 0.4) is 0 Å². The van der Waals surface area contributed by atoms with Crippen molar-refractivity contribution in [3.05, 3.63) is 71.5 Å². The van der Waals surface area contributed by atoms with E-state index in [0.29, 0.717) is 38.2 Å². The van der Waals surface area contributed by atoms with Crippen LogP contribution in [0.2, 0.25) is 0 Å². The fraction of sp³-hybridized carbons (Fsp3) is 0.333. The van der Waals surface area contributed by atoms with Gasteiger partial charge in [-0.3, -0.25) is 14.5 Å². The number of amides is 1. The number of carbonyl (C=O) groups is 2. The van der Waals surface area contributed by atoms with Gasteiger partial charge in [-0.1, -0.05) is 30.3 Å². The maximum Gasteiger partial charge on any atom is 0.303 e. The molecule has 0 aliphatic carbocycles. The molecule has 5 nitrogen and oxygen atoms in total. The van der Waals surface area contributed by atoms with Gasteiger partial charge in [0.1, 0.15) is 5.82 Å². The van der Waals surface area contributed by atoms with Gasteiger partial charge in [0.2, 0.25) is 0 Å². The predicted octanol–water partition coefficient (Wildman–Crippen LogP) is 3.19. The van der Waals surface area contributed by atoms with E-state index in [1.807, 2.05) is 35.2 Å². The quantitative estimate of drug-likeness (QED) is 0.848. The molecule has 1 heterocycles. The Hall–Kier alpha value is -2.73. The minimum absolute atomic E-state index is 0.0131. The number of benzene rings is 2. The van der Waals surface area contributed by atoms with E-state index in [4.69, 9.17) is 5.11 Å². The highest BCUT2D eigenvalue weighted by atomic mass is 19.1. The normalized spacial score (nSPS) is 16.1. The lowest BCUT2D eigenvalue weighted by Gasteiger charge is -2.39. The van der Waals surface area contributed by atoms with Crippen molar-refractivity contribution >= 4 is 11.9 Å². The van der Waals surface area contributed by atoms with Crippen LogP contribution in [0, 0.1) is 5.82 Å². The number of hydrogen-bond donors (Lipinski definition) is 1. The molecule has 6 heteroatoms. The Morgan fingerprint density at radius 3 is 2.19 bits per heavy atom. The Morgan fingerprint density at radius 2 is 1.59 bits per heavy atom. The van der Waals surface area contributed by atoms with Gasteiger partial charge in [-0.25, -0.2) is 4.39 Å². The molecule has 2 aromatic rings. The van der Waals surface area contributed by atoms with Gasteiger partial charge in [0, 0.05) is 44.2 Å². The van der Waals surface area contributed by atoms with Crippen molar-refractivity contribution in [2.75, 3.05) is 26.2 Å². The van der Waals surface area contributed by atoms with Crippen LogP contribution in [0.1, 0.15) is 34.8 Å². The molecular formula is C21H23FN2O3. The van der Waals surface area contributed by atoms with E-state index in [-0.39, 0.29) is 24.2 Å². The molecule has 0 spiro atoms. The first-order valence-electron chi connectivity index (χ1n) is 9.10. The number of piperazine rings is 1. The molecule has 3 rings (SSSR count). The van der Waals surface area contributed by atoms with Crippen molar-refractivity contribution in [1.82, 2.24) is 9.80 Å². The summed E-state index contributed by atoms with van der Waals surface area (Å²) in [6.45, 7) is 2.47. The molecule has 1 amide bonds. The van der Waals surface area contributed by atoms with Crippen molar-refractivity contribution < 1.29 is 19.1 Å². The third-order valence-electron chi connectivity index (χ3n) is 4.95. The van der Waals surface area contributed by atoms with Crippen molar-refractivity contribution in [3.63, 3.8) is 0 Å². The van der Waals surface area contributed by atoms with Gasteiger partial charge in [0.15, 0.2) is 0 Å². The molecule has 1 fully saturated rings. The van der Waals surface area contributed by atoms with Crippen LogP contribution in [0.15, 0.2) is 54.6 Å². The maximum atomic E-state index is 13.3. The molecule has 27 heavy (non-hydrogen) atoms. The van der Waals surface area contributed by atoms with Crippen LogP contribution in [0.25, 0.3) is 0 Å². The van der Waals surface area contributed by atoms with Crippen LogP contribution in [0.4, 0.5) is 4.39 Å². The highest BCUT2D eigenvalue weighted by Gasteiger charge is 2.27. The van der Waals surface area contributed by atoms with E-state index in [9.17, 15) is 14.0 Å². The zero-order valence-corrected chi connectivity index (χ0v) is 15.1. The topological polar surface area (TPSA) is 60.9 Å². The van der Waals surface area contributed by atoms with Crippen molar-refractivity contribution in [2.24, 2.45) is 0 Å². The Balaban J connectivity index is 1.67. The van der Waals surface area contributed by atoms with Gasteiger partial charge in [-0.05, 0) is 36.2 Å². The van der Waals surface area contributed by atoms with Gasteiger partial charge in [-0.2, -0.15) is 0 Å². The predicted molar refractivity (Wildman–Crippen MR) is 99.9 cm³/mol. The molecule has 1 aliphatic heterocycles. The fourth-order valence-corrected chi connectivity index (χ4v) is 3.51. The average molecular weight is 370 g/mol. The molecule has 0 unspecified atom stereocenters. The summed E-state index contributed by atoms with van der Waals surface area (Å²) in [5, 5.41) is 9.06. The first-order chi connectivity index (χ1) is 13.0. The Bertz CT molecular complexity index is 772. The van der Waals surface area contributed by atoms with Gasteiger partial charge in [0.05, 0.1) is 0 Å². The van der Waals surface area contributed by atoms with Crippen molar-refractivity contribution in [2.45, 2.75) is 18.9 Å². The summed E-state index contributed by atoms with van der Waals surface area (Å²) >= 11 is 0.